The maximum absolute atomic E-state index is 10.3. The number of rotatable bonds is 5. The fraction of sp³-hybridized carbons (Fsp3) is 1.00. The van der Waals surface area contributed by atoms with Gasteiger partial charge in [0.25, 0.3) is 0 Å². The predicted molar refractivity (Wildman–Crippen MR) is 128 cm³/mol. The minimum atomic E-state index is -0.0135. The Morgan fingerprint density at radius 1 is 0.800 bits per heavy atom. The van der Waals surface area contributed by atoms with Gasteiger partial charge in [0, 0.05) is 0 Å². The van der Waals surface area contributed by atoms with Crippen LogP contribution >= 0.6 is 0 Å². The van der Waals surface area contributed by atoms with E-state index in [-0.39, 0.29) is 6.10 Å². The second-order valence-corrected chi connectivity index (χ2v) is 13.6. The Labute approximate surface area is 188 Å². The highest BCUT2D eigenvalue weighted by Gasteiger charge is 2.60. The molecule has 1 unspecified atom stereocenters. The summed E-state index contributed by atoms with van der Waals surface area (Å²) in [6.45, 7) is 17.8. The van der Waals surface area contributed by atoms with Crippen LogP contribution in [0, 0.1) is 64.1 Å². The van der Waals surface area contributed by atoms with Crippen LogP contribution in [0.15, 0.2) is 0 Å². The lowest BCUT2D eigenvalue weighted by Crippen LogP contribution is -2.54. The van der Waals surface area contributed by atoms with Gasteiger partial charge in [0.1, 0.15) is 0 Å². The summed E-state index contributed by atoms with van der Waals surface area (Å²) >= 11 is 0. The van der Waals surface area contributed by atoms with Gasteiger partial charge in [0.2, 0.25) is 0 Å². The summed E-state index contributed by atoms with van der Waals surface area (Å²) in [4.78, 5) is 0. The van der Waals surface area contributed by atoms with E-state index in [1.165, 1.54) is 51.4 Å². The normalized spacial score (nSPS) is 49.1. The quantitative estimate of drug-likeness (QED) is 0.482. The first kappa shape index (κ1) is 23.1. The lowest BCUT2D eigenvalue weighted by atomic mass is 9.44. The van der Waals surface area contributed by atoms with Gasteiger partial charge in [-0.15, -0.1) is 0 Å². The molecule has 4 aliphatic carbocycles. The van der Waals surface area contributed by atoms with Gasteiger partial charge in [-0.25, -0.2) is 0 Å². The molecule has 0 aromatic carbocycles. The second kappa shape index (κ2) is 8.39. The number of aliphatic hydroxyl groups excluding tert-OH is 1. The van der Waals surface area contributed by atoms with Crippen molar-refractivity contribution in [3.8, 4) is 0 Å². The van der Waals surface area contributed by atoms with Crippen molar-refractivity contribution in [3.63, 3.8) is 0 Å². The first-order chi connectivity index (χ1) is 14.1. The van der Waals surface area contributed by atoms with Gasteiger partial charge >= 0.3 is 0 Å². The van der Waals surface area contributed by atoms with E-state index < -0.39 is 0 Å². The molecule has 0 bridgehead atoms. The van der Waals surface area contributed by atoms with Crippen molar-refractivity contribution in [2.45, 2.75) is 119 Å². The van der Waals surface area contributed by atoms with Crippen LogP contribution < -0.4 is 0 Å². The van der Waals surface area contributed by atoms with Gasteiger partial charge in [-0.1, -0.05) is 48.5 Å². The molecule has 0 amide bonds. The Morgan fingerprint density at radius 2 is 1.47 bits per heavy atom. The van der Waals surface area contributed by atoms with Crippen molar-refractivity contribution >= 4 is 0 Å². The van der Waals surface area contributed by atoms with Crippen LogP contribution in [0.1, 0.15) is 113 Å². The minimum absolute atomic E-state index is 0.0135. The smallest absolute Gasteiger partial charge is 0.0543 e. The van der Waals surface area contributed by atoms with Gasteiger partial charge in [-0.3, -0.25) is 0 Å². The van der Waals surface area contributed by atoms with Crippen LogP contribution in [0.2, 0.25) is 0 Å². The summed E-state index contributed by atoms with van der Waals surface area (Å²) in [5.74, 6) is 8.01. The molecule has 4 saturated carbocycles. The molecule has 0 aromatic rings. The molecule has 1 nitrogen and oxygen atoms in total. The van der Waals surface area contributed by atoms with E-state index >= 15 is 0 Å². The molecule has 0 heterocycles. The van der Waals surface area contributed by atoms with E-state index in [4.69, 9.17) is 0 Å². The Hall–Kier alpha value is -0.0400. The van der Waals surface area contributed by atoms with Crippen LogP contribution in [-0.2, 0) is 0 Å². The van der Waals surface area contributed by atoms with Crippen molar-refractivity contribution in [2.24, 2.45) is 64.1 Å². The van der Waals surface area contributed by atoms with Gasteiger partial charge < -0.3 is 5.11 Å². The monoisotopic (exact) mass is 416 g/mol. The third-order valence-electron chi connectivity index (χ3n) is 12.1. The summed E-state index contributed by atoms with van der Waals surface area (Å²) in [7, 11) is 0. The fourth-order valence-electron chi connectivity index (χ4n) is 9.83. The van der Waals surface area contributed by atoms with E-state index in [1.54, 1.807) is 0 Å². The Balaban J connectivity index is 1.47. The Kier molecular flexibility index (Phi) is 6.47. The van der Waals surface area contributed by atoms with Crippen molar-refractivity contribution in [1.29, 1.82) is 0 Å². The third-order valence-corrected chi connectivity index (χ3v) is 12.1. The zero-order valence-corrected chi connectivity index (χ0v) is 21.3. The second-order valence-electron chi connectivity index (χ2n) is 13.6. The van der Waals surface area contributed by atoms with Crippen LogP contribution in [0.25, 0.3) is 0 Å². The largest absolute Gasteiger partial charge is 0.393 e. The van der Waals surface area contributed by atoms with Gasteiger partial charge in [0.05, 0.1) is 6.10 Å². The molecule has 0 spiro atoms. The van der Waals surface area contributed by atoms with Gasteiger partial charge in [-0.05, 0) is 128 Å². The van der Waals surface area contributed by atoms with E-state index in [1.807, 2.05) is 0 Å². The van der Waals surface area contributed by atoms with E-state index in [0.29, 0.717) is 10.8 Å². The summed E-state index contributed by atoms with van der Waals surface area (Å²) < 4.78 is 0. The molecule has 0 aromatic heterocycles. The topological polar surface area (TPSA) is 20.2 Å². The fourth-order valence-corrected chi connectivity index (χ4v) is 9.83. The molecule has 4 rings (SSSR count). The minimum Gasteiger partial charge on any atom is -0.393 e. The SMILES string of the molecule is CC(C)[C@@H](C)[C@H](C)C[C@@H](C)[C@H]1CC[C@H]2[C@@H]3CCC4C[C@@H](O)CC[C@]4(C)[C@H]3CC[C@]12C. The molecule has 1 N–H and O–H groups in total. The summed E-state index contributed by atoms with van der Waals surface area (Å²) in [6, 6.07) is 0. The third kappa shape index (κ3) is 3.72. The van der Waals surface area contributed by atoms with E-state index in [2.05, 4.69) is 48.5 Å². The molecule has 1 heteroatoms. The van der Waals surface area contributed by atoms with Crippen molar-refractivity contribution in [1.82, 2.24) is 0 Å². The average Bonchev–Trinajstić information content (AvgIpc) is 3.05. The van der Waals surface area contributed by atoms with E-state index in [0.717, 1.165) is 66.1 Å². The lowest BCUT2D eigenvalue weighted by molar-refractivity contribution is -0.129. The van der Waals surface area contributed by atoms with Crippen molar-refractivity contribution in [2.75, 3.05) is 0 Å². The number of hydrogen-bond donors (Lipinski definition) is 1. The highest BCUT2D eigenvalue weighted by molar-refractivity contribution is 5.09. The maximum atomic E-state index is 10.3. The Morgan fingerprint density at radius 3 is 2.17 bits per heavy atom. The average molecular weight is 417 g/mol. The molecule has 0 aliphatic heterocycles. The molecule has 0 saturated heterocycles. The number of aliphatic hydroxyl groups is 1. The molecule has 30 heavy (non-hydrogen) atoms. The van der Waals surface area contributed by atoms with Crippen molar-refractivity contribution < 1.29 is 5.11 Å². The highest BCUT2D eigenvalue weighted by Crippen LogP contribution is 2.68. The van der Waals surface area contributed by atoms with Crippen LogP contribution in [0.5, 0.6) is 0 Å². The van der Waals surface area contributed by atoms with Crippen molar-refractivity contribution in [3.05, 3.63) is 0 Å². The summed E-state index contributed by atoms with van der Waals surface area (Å²) in [6.07, 6.45) is 13.7. The summed E-state index contributed by atoms with van der Waals surface area (Å²) in [5, 5.41) is 10.3. The van der Waals surface area contributed by atoms with Gasteiger partial charge in [0.15, 0.2) is 0 Å². The predicted octanol–water partition coefficient (Wildman–Crippen LogP) is 7.96. The molecular weight excluding hydrogens is 364 g/mol. The van der Waals surface area contributed by atoms with E-state index in [9.17, 15) is 5.11 Å². The maximum Gasteiger partial charge on any atom is 0.0543 e. The standard InChI is InChI=1S/C29H52O/c1-18(2)21(5)19(3)16-20(4)25-10-11-26-24-9-8-22-17-23(30)12-14-28(22,6)27(24)13-15-29(25,26)7/h18-27,30H,8-17H2,1-7H3/t19-,20-,21-,22?,23+,24+,25-,26+,27+,28+,29-/m1/s1. The van der Waals surface area contributed by atoms with Crippen LogP contribution in [-0.4, -0.2) is 11.2 Å². The highest BCUT2D eigenvalue weighted by atomic mass is 16.3. The first-order valence-electron chi connectivity index (χ1n) is 13.8. The molecular formula is C29H52O. The van der Waals surface area contributed by atoms with Gasteiger partial charge in [-0.2, -0.15) is 0 Å². The zero-order chi connectivity index (χ0) is 21.8. The molecule has 4 aliphatic rings. The van der Waals surface area contributed by atoms with Crippen LogP contribution in [0.3, 0.4) is 0 Å². The number of fused-ring (bicyclic) bond motifs is 5. The molecule has 174 valence electrons. The Bertz CT molecular complexity index is 597. The molecule has 4 fully saturated rings. The zero-order valence-electron chi connectivity index (χ0n) is 21.3. The molecule has 11 atom stereocenters. The number of hydrogen-bond acceptors (Lipinski definition) is 1. The summed E-state index contributed by atoms with van der Waals surface area (Å²) in [5.41, 5.74) is 1.12. The molecule has 0 radical (unpaired) electrons. The lowest BCUT2D eigenvalue weighted by Gasteiger charge is -2.61. The van der Waals surface area contributed by atoms with Crippen LogP contribution in [0.4, 0.5) is 0 Å². The first-order valence-corrected chi connectivity index (χ1v) is 13.8.